The molecule has 0 atom stereocenters. The minimum atomic E-state index is -0.604. The maximum Gasteiger partial charge on any atom is 0.348 e. The molecule has 0 radical (unpaired) electrons. The molecule has 0 aliphatic carbocycles. The number of nitriles is 1. The minimum absolute atomic E-state index is 0.182. The van der Waals surface area contributed by atoms with E-state index in [0.717, 1.165) is 16.9 Å². The number of carbonyl (C=O) groups excluding carboxylic acids is 2. The Morgan fingerprint density at radius 1 is 1.21 bits per heavy atom. The highest BCUT2D eigenvalue weighted by molar-refractivity contribution is 7.18. The van der Waals surface area contributed by atoms with Crippen molar-refractivity contribution in [3.8, 4) is 28.8 Å². The Bertz CT molecular complexity index is 1320. The normalized spacial score (nSPS) is 12.2. The zero-order valence-electron chi connectivity index (χ0n) is 17.8. The predicted octanol–water partition coefficient (Wildman–Crippen LogP) is 4.46. The van der Waals surface area contributed by atoms with Gasteiger partial charge in [0.1, 0.15) is 26.5 Å². The average molecular weight is 484 g/mol. The summed E-state index contributed by atoms with van der Waals surface area (Å²) in [5, 5.41) is 15.3. The molecule has 3 heterocycles. The molecule has 0 fully saturated rings. The molecule has 0 spiro atoms. The van der Waals surface area contributed by atoms with Crippen molar-refractivity contribution < 1.29 is 28.5 Å². The van der Waals surface area contributed by atoms with Crippen LogP contribution < -0.4 is 14.8 Å². The highest BCUT2D eigenvalue weighted by Gasteiger charge is 2.25. The lowest BCUT2D eigenvalue weighted by Gasteiger charge is -2.03. The van der Waals surface area contributed by atoms with E-state index in [1.54, 1.807) is 6.92 Å². The molecule has 1 aromatic carbocycles. The number of esters is 2. The van der Waals surface area contributed by atoms with Crippen LogP contribution in [0.1, 0.15) is 30.6 Å². The summed E-state index contributed by atoms with van der Waals surface area (Å²) in [7, 11) is 2.52. The molecular weight excluding hydrogens is 466 g/mol. The van der Waals surface area contributed by atoms with Gasteiger partial charge in [0.25, 0.3) is 0 Å². The van der Waals surface area contributed by atoms with Gasteiger partial charge in [-0.3, -0.25) is 0 Å². The van der Waals surface area contributed by atoms with Crippen LogP contribution in [-0.2, 0) is 9.47 Å². The molecule has 9 nitrogen and oxygen atoms in total. The summed E-state index contributed by atoms with van der Waals surface area (Å²) in [6, 6.07) is 7.62. The number of nitrogens with zero attached hydrogens (tertiary/aromatic N) is 2. The summed E-state index contributed by atoms with van der Waals surface area (Å²) in [6.45, 7) is 1.81. The Balaban J connectivity index is 1.63. The zero-order chi connectivity index (χ0) is 23.5. The van der Waals surface area contributed by atoms with Crippen LogP contribution in [0.4, 0.5) is 5.00 Å². The number of carbonyl (C=O) groups is 2. The summed E-state index contributed by atoms with van der Waals surface area (Å²) in [6.07, 6.45) is 1.45. The Hall–Kier alpha value is -3.88. The lowest BCUT2D eigenvalue weighted by atomic mass is 10.1. The molecule has 0 unspecified atom stereocenters. The third-order valence-corrected chi connectivity index (χ3v) is 6.86. The van der Waals surface area contributed by atoms with Gasteiger partial charge in [0.05, 0.1) is 25.5 Å². The van der Waals surface area contributed by atoms with Crippen LogP contribution in [0.25, 0.3) is 16.8 Å². The molecule has 3 aromatic rings. The Morgan fingerprint density at radius 2 is 1.97 bits per heavy atom. The van der Waals surface area contributed by atoms with Crippen molar-refractivity contribution in [2.45, 2.75) is 6.92 Å². The van der Waals surface area contributed by atoms with Crippen molar-refractivity contribution in [1.82, 2.24) is 4.98 Å². The number of rotatable bonds is 6. The minimum Gasteiger partial charge on any atom is -0.465 e. The molecule has 1 aliphatic rings. The van der Waals surface area contributed by atoms with Crippen LogP contribution in [0, 0.1) is 18.3 Å². The van der Waals surface area contributed by atoms with Crippen LogP contribution in [0.3, 0.4) is 0 Å². The molecule has 1 aliphatic heterocycles. The van der Waals surface area contributed by atoms with Gasteiger partial charge in [-0.2, -0.15) is 5.26 Å². The number of hydrogen-bond acceptors (Lipinski definition) is 11. The molecule has 33 heavy (non-hydrogen) atoms. The number of allylic oxidation sites excluding steroid dienone is 1. The first kappa shape index (κ1) is 22.3. The number of hydrogen-bond donors (Lipinski definition) is 1. The van der Waals surface area contributed by atoms with E-state index < -0.39 is 11.9 Å². The van der Waals surface area contributed by atoms with Crippen molar-refractivity contribution in [3.63, 3.8) is 0 Å². The summed E-state index contributed by atoms with van der Waals surface area (Å²) < 4.78 is 20.4. The summed E-state index contributed by atoms with van der Waals surface area (Å²) in [4.78, 5) is 29.2. The quantitative estimate of drug-likeness (QED) is 0.400. The van der Waals surface area contributed by atoms with E-state index >= 15 is 0 Å². The molecular formula is C22H17N3O6S2. The number of methoxy groups -OCH3 is 2. The standard InChI is InChI=1S/C22H17N3O6S2/c1-11-17(21(26)28-2)20(33-18(11)22(27)29-3)24-8-13(7-23)19-25-14(9-32-19)12-4-5-15-16(6-12)31-10-30-15/h4-6,8-9,24H,10H2,1-3H3. The van der Waals surface area contributed by atoms with Crippen molar-refractivity contribution in [2.75, 3.05) is 26.3 Å². The van der Waals surface area contributed by atoms with Gasteiger partial charge in [-0.15, -0.1) is 22.7 Å². The second kappa shape index (κ2) is 9.32. The number of fused-ring (bicyclic) bond motifs is 1. The average Bonchev–Trinajstić information content (AvgIpc) is 3.57. The number of ether oxygens (including phenoxy) is 4. The van der Waals surface area contributed by atoms with Gasteiger partial charge in [0.2, 0.25) is 6.79 Å². The molecule has 168 valence electrons. The van der Waals surface area contributed by atoms with Gasteiger partial charge in [0, 0.05) is 17.1 Å². The maximum absolute atomic E-state index is 12.3. The summed E-state index contributed by atoms with van der Waals surface area (Å²) in [5.41, 5.74) is 2.42. The largest absolute Gasteiger partial charge is 0.465 e. The lowest BCUT2D eigenvalue weighted by Crippen LogP contribution is -2.06. The third-order valence-electron chi connectivity index (χ3n) is 4.78. The van der Waals surface area contributed by atoms with Crippen LogP contribution in [0.2, 0.25) is 0 Å². The van der Waals surface area contributed by atoms with Gasteiger partial charge in [-0.1, -0.05) is 0 Å². The van der Waals surface area contributed by atoms with Crippen molar-refractivity contribution in [3.05, 3.63) is 50.8 Å². The Kier molecular flexibility index (Phi) is 6.30. The highest BCUT2D eigenvalue weighted by Crippen LogP contribution is 2.37. The lowest BCUT2D eigenvalue weighted by molar-refractivity contribution is 0.0601. The van der Waals surface area contributed by atoms with Gasteiger partial charge < -0.3 is 24.3 Å². The fourth-order valence-corrected chi connectivity index (χ4v) is 4.99. The number of thiazole rings is 1. The zero-order valence-corrected chi connectivity index (χ0v) is 19.4. The predicted molar refractivity (Wildman–Crippen MR) is 123 cm³/mol. The van der Waals surface area contributed by atoms with Gasteiger partial charge in [-0.05, 0) is 30.7 Å². The first-order chi connectivity index (χ1) is 16.0. The van der Waals surface area contributed by atoms with Gasteiger partial charge in [0.15, 0.2) is 11.5 Å². The summed E-state index contributed by atoms with van der Waals surface area (Å²) in [5.74, 6) is 0.153. The molecule has 11 heteroatoms. The number of thiophene rings is 1. The topological polar surface area (TPSA) is 120 Å². The van der Waals surface area contributed by atoms with E-state index in [1.165, 1.54) is 31.8 Å². The van der Waals surface area contributed by atoms with Crippen LogP contribution in [0.5, 0.6) is 11.5 Å². The first-order valence-electron chi connectivity index (χ1n) is 9.49. The fraction of sp³-hybridized carbons (Fsp3) is 0.182. The second-order valence-electron chi connectivity index (χ2n) is 6.66. The van der Waals surface area contributed by atoms with E-state index in [0.29, 0.717) is 32.8 Å². The monoisotopic (exact) mass is 483 g/mol. The van der Waals surface area contributed by atoms with Crippen molar-refractivity contribution in [1.29, 1.82) is 5.26 Å². The number of nitrogens with one attached hydrogen (secondary N) is 1. The van der Waals surface area contributed by atoms with Crippen molar-refractivity contribution >= 4 is 45.2 Å². The molecule has 0 saturated heterocycles. The van der Waals surface area contributed by atoms with E-state index in [9.17, 15) is 14.9 Å². The highest BCUT2D eigenvalue weighted by atomic mass is 32.1. The first-order valence-corrected chi connectivity index (χ1v) is 11.2. The van der Waals surface area contributed by atoms with E-state index in [-0.39, 0.29) is 22.8 Å². The second-order valence-corrected chi connectivity index (χ2v) is 8.54. The number of anilines is 1. The van der Waals surface area contributed by atoms with E-state index in [4.69, 9.17) is 18.9 Å². The Morgan fingerprint density at radius 3 is 2.70 bits per heavy atom. The van der Waals surface area contributed by atoms with E-state index in [1.807, 2.05) is 23.6 Å². The van der Waals surface area contributed by atoms with Crippen LogP contribution in [-0.4, -0.2) is 37.9 Å². The molecule has 2 aromatic heterocycles. The third kappa shape index (κ3) is 4.26. The Labute approximate surface area is 196 Å². The molecule has 1 N–H and O–H groups in total. The van der Waals surface area contributed by atoms with Gasteiger partial charge in [-0.25, -0.2) is 14.6 Å². The van der Waals surface area contributed by atoms with Crippen LogP contribution in [0.15, 0.2) is 29.8 Å². The maximum atomic E-state index is 12.3. The molecule has 0 amide bonds. The van der Waals surface area contributed by atoms with Crippen LogP contribution >= 0.6 is 22.7 Å². The number of benzene rings is 1. The van der Waals surface area contributed by atoms with Gasteiger partial charge >= 0.3 is 11.9 Å². The number of aromatic nitrogens is 1. The molecule has 4 rings (SSSR count). The van der Waals surface area contributed by atoms with Crippen molar-refractivity contribution in [2.24, 2.45) is 0 Å². The molecule has 0 bridgehead atoms. The fourth-order valence-electron chi connectivity index (χ4n) is 3.12. The smallest absolute Gasteiger partial charge is 0.348 e. The SMILES string of the molecule is COC(=O)c1sc(NC=C(C#N)c2nc(-c3ccc4c(c3)OCO4)cs2)c(C(=O)OC)c1C. The summed E-state index contributed by atoms with van der Waals surface area (Å²) >= 11 is 2.34. The van der Waals surface area contributed by atoms with E-state index in [2.05, 4.69) is 16.4 Å². The molecule has 0 saturated carbocycles.